The standard InChI is InChI=1S/C13H17BrO3/c1-13(2,3)17-12(15)10-6-5-9(8-14)7-11(10)16-4/h5-7H,8H2,1-4H3. The number of halogens is 1. The highest BCUT2D eigenvalue weighted by atomic mass is 79.9. The van der Waals surface area contributed by atoms with Crippen LogP contribution in [-0.2, 0) is 10.1 Å². The normalized spacial score (nSPS) is 11.1. The number of esters is 1. The molecule has 0 aliphatic heterocycles. The maximum absolute atomic E-state index is 11.9. The van der Waals surface area contributed by atoms with Crippen molar-refractivity contribution in [1.29, 1.82) is 0 Å². The molecule has 3 nitrogen and oxygen atoms in total. The molecular formula is C13H17BrO3. The molecule has 0 saturated heterocycles. The average Bonchev–Trinajstić information content (AvgIpc) is 2.25. The third kappa shape index (κ3) is 4.04. The van der Waals surface area contributed by atoms with E-state index in [9.17, 15) is 4.79 Å². The molecule has 0 bridgehead atoms. The summed E-state index contributed by atoms with van der Waals surface area (Å²) in [7, 11) is 1.54. The van der Waals surface area contributed by atoms with Crippen molar-refractivity contribution in [2.24, 2.45) is 0 Å². The molecule has 0 heterocycles. The quantitative estimate of drug-likeness (QED) is 0.632. The summed E-state index contributed by atoms with van der Waals surface area (Å²) in [6.07, 6.45) is 0. The first kappa shape index (κ1) is 14.0. The summed E-state index contributed by atoms with van der Waals surface area (Å²) in [5.41, 5.74) is 0.997. The van der Waals surface area contributed by atoms with Crippen LogP contribution in [0.2, 0.25) is 0 Å². The van der Waals surface area contributed by atoms with Crippen LogP contribution >= 0.6 is 15.9 Å². The number of benzene rings is 1. The molecular weight excluding hydrogens is 284 g/mol. The van der Waals surface area contributed by atoms with Gasteiger partial charge in [-0.25, -0.2) is 4.79 Å². The zero-order valence-electron chi connectivity index (χ0n) is 10.5. The van der Waals surface area contributed by atoms with Crippen molar-refractivity contribution in [2.75, 3.05) is 7.11 Å². The van der Waals surface area contributed by atoms with Gasteiger partial charge in [0.25, 0.3) is 0 Å². The van der Waals surface area contributed by atoms with Crippen LogP contribution in [0.5, 0.6) is 5.75 Å². The van der Waals surface area contributed by atoms with Crippen molar-refractivity contribution in [3.05, 3.63) is 29.3 Å². The van der Waals surface area contributed by atoms with E-state index in [1.165, 1.54) is 0 Å². The van der Waals surface area contributed by atoms with E-state index in [0.29, 0.717) is 11.3 Å². The van der Waals surface area contributed by atoms with Crippen molar-refractivity contribution in [3.63, 3.8) is 0 Å². The summed E-state index contributed by atoms with van der Waals surface area (Å²) in [6.45, 7) is 5.51. The Labute approximate surface area is 110 Å². The Kier molecular flexibility index (Phi) is 4.57. The lowest BCUT2D eigenvalue weighted by atomic mass is 10.1. The third-order valence-corrected chi connectivity index (χ3v) is 2.69. The zero-order valence-corrected chi connectivity index (χ0v) is 12.1. The fraction of sp³-hybridized carbons (Fsp3) is 0.462. The average molecular weight is 301 g/mol. The molecule has 0 aliphatic carbocycles. The molecule has 0 spiro atoms. The highest BCUT2D eigenvalue weighted by Crippen LogP contribution is 2.24. The lowest BCUT2D eigenvalue weighted by molar-refractivity contribution is 0.00666. The molecule has 0 saturated carbocycles. The molecule has 0 aromatic heterocycles. The first-order chi connectivity index (χ1) is 7.87. The molecule has 1 aromatic carbocycles. The topological polar surface area (TPSA) is 35.5 Å². The van der Waals surface area contributed by atoms with Crippen molar-refractivity contribution in [2.45, 2.75) is 31.7 Å². The van der Waals surface area contributed by atoms with Gasteiger partial charge in [-0.05, 0) is 38.5 Å². The molecule has 17 heavy (non-hydrogen) atoms. The SMILES string of the molecule is COc1cc(CBr)ccc1C(=O)OC(C)(C)C. The van der Waals surface area contributed by atoms with E-state index in [-0.39, 0.29) is 5.97 Å². The Morgan fingerprint density at radius 3 is 2.47 bits per heavy atom. The van der Waals surface area contributed by atoms with Crippen molar-refractivity contribution < 1.29 is 14.3 Å². The Morgan fingerprint density at radius 2 is 2.00 bits per heavy atom. The van der Waals surface area contributed by atoms with Gasteiger partial charge in [-0.3, -0.25) is 0 Å². The molecule has 1 rings (SSSR count). The van der Waals surface area contributed by atoms with Gasteiger partial charge in [0, 0.05) is 5.33 Å². The van der Waals surface area contributed by atoms with E-state index in [1.54, 1.807) is 13.2 Å². The largest absolute Gasteiger partial charge is 0.496 e. The van der Waals surface area contributed by atoms with E-state index < -0.39 is 5.60 Å². The van der Waals surface area contributed by atoms with Gasteiger partial charge in [0.1, 0.15) is 16.9 Å². The second-order valence-corrected chi connectivity index (χ2v) is 5.23. The summed E-state index contributed by atoms with van der Waals surface area (Å²) in [4.78, 5) is 11.9. The molecule has 0 aliphatic rings. The predicted molar refractivity (Wildman–Crippen MR) is 70.8 cm³/mol. The summed E-state index contributed by atoms with van der Waals surface area (Å²) in [6, 6.07) is 5.42. The summed E-state index contributed by atoms with van der Waals surface area (Å²) >= 11 is 3.36. The van der Waals surface area contributed by atoms with Gasteiger partial charge in [-0.2, -0.15) is 0 Å². The lowest BCUT2D eigenvalue weighted by Crippen LogP contribution is -2.24. The number of hydrogen-bond donors (Lipinski definition) is 0. The maximum atomic E-state index is 11.9. The van der Waals surface area contributed by atoms with E-state index in [1.807, 2.05) is 32.9 Å². The number of hydrogen-bond acceptors (Lipinski definition) is 3. The van der Waals surface area contributed by atoms with Gasteiger partial charge in [0.05, 0.1) is 7.11 Å². The monoisotopic (exact) mass is 300 g/mol. The highest BCUT2D eigenvalue weighted by molar-refractivity contribution is 9.08. The zero-order chi connectivity index (χ0) is 13.1. The van der Waals surface area contributed by atoms with Crippen LogP contribution < -0.4 is 4.74 Å². The van der Waals surface area contributed by atoms with Crippen LogP contribution in [0.4, 0.5) is 0 Å². The Hall–Kier alpha value is -1.03. The van der Waals surface area contributed by atoms with Gasteiger partial charge in [0.15, 0.2) is 0 Å². The molecule has 1 aromatic rings. The first-order valence-electron chi connectivity index (χ1n) is 5.33. The molecule has 0 atom stereocenters. The molecule has 0 radical (unpaired) electrons. The Morgan fingerprint density at radius 1 is 1.35 bits per heavy atom. The molecule has 4 heteroatoms. The minimum Gasteiger partial charge on any atom is -0.496 e. The van der Waals surface area contributed by atoms with Crippen molar-refractivity contribution >= 4 is 21.9 Å². The van der Waals surface area contributed by atoms with E-state index >= 15 is 0 Å². The van der Waals surface area contributed by atoms with E-state index in [4.69, 9.17) is 9.47 Å². The third-order valence-electron chi connectivity index (χ3n) is 2.04. The second-order valence-electron chi connectivity index (χ2n) is 4.67. The van der Waals surface area contributed by atoms with Crippen LogP contribution in [-0.4, -0.2) is 18.7 Å². The van der Waals surface area contributed by atoms with Crippen LogP contribution in [0, 0.1) is 0 Å². The number of carbonyl (C=O) groups excluding carboxylic acids is 1. The molecule has 0 N–H and O–H groups in total. The number of ether oxygens (including phenoxy) is 2. The number of carbonyl (C=O) groups is 1. The second kappa shape index (κ2) is 5.54. The van der Waals surface area contributed by atoms with Crippen LogP contribution in [0.1, 0.15) is 36.7 Å². The van der Waals surface area contributed by atoms with Gasteiger partial charge in [-0.1, -0.05) is 22.0 Å². The van der Waals surface area contributed by atoms with Crippen molar-refractivity contribution in [3.8, 4) is 5.75 Å². The van der Waals surface area contributed by atoms with Gasteiger partial charge >= 0.3 is 5.97 Å². The minimum atomic E-state index is -0.504. The van der Waals surface area contributed by atoms with E-state index in [0.717, 1.165) is 10.9 Å². The Bertz CT molecular complexity index is 408. The Balaban J connectivity index is 3.01. The number of alkyl halides is 1. The molecule has 0 amide bonds. The van der Waals surface area contributed by atoms with E-state index in [2.05, 4.69) is 15.9 Å². The summed E-state index contributed by atoms with van der Waals surface area (Å²) in [5.74, 6) is 0.173. The highest BCUT2D eigenvalue weighted by Gasteiger charge is 2.20. The number of rotatable bonds is 3. The fourth-order valence-corrected chi connectivity index (χ4v) is 1.67. The smallest absolute Gasteiger partial charge is 0.342 e. The lowest BCUT2D eigenvalue weighted by Gasteiger charge is -2.20. The predicted octanol–water partition coefficient (Wildman–Crippen LogP) is 3.55. The summed E-state index contributed by atoms with van der Waals surface area (Å²) < 4.78 is 10.5. The summed E-state index contributed by atoms with van der Waals surface area (Å²) in [5, 5.41) is 0.720. The number of methoxy groups -OCH3 is 1. The molecule has 0 unspecified atom stereocenters. The maximum Gasteiger partial charge on any atom is 0.342 e. The van der Waals surface area contributed by atoms with Gasteiger partial charge < -0.3 is 9.47 Å². The van der Waals surface area contributed by atoms with Crippen LogP contribution in [0.3, 0.4) is 0 Å². The van der Waals surface area contributed by atoms with Gasteiger partial charge in [0.2, 0.25) is 0 Å². The van der Waals surface area contributed by atoms with Crippen molar-refractivity contribution in [1.82, 2.24) is 0 Å². The first-order valence-corrected chi connectivity index (χ1v) is 6.46. The molecule has 94 valence electrons. The fourth-order valence-electron chi connectivity index (χ4n) is 1.32. The van der Waals surface area contributed by atoms with Crippen LogP contribution in [0.25, 0.3) is 0 Å². The van der Waals surface area contributed by atoms with Crippen LogP contribution in [0.15, 0.2) is 18.2 Å². The minimum absolute atomic E-state index is 0.365. The van der Waals surface area contributed by atoms with Gasteiger partial charge in [-0.15, -0.1) is 0 Å². The molecule has 0 fully saturated rings.